The number of rotatable bonds is 4. The van der Waals surface area contributed by atoms with Crippen molar-refractivity contribution in [1.29, 1.82) is 0 Å². The third-order valence-corrected chi connectivity index (χ3v) is 2.23. The normalized spacial score (nSPS) is 13.5. The van der Waals surface area contributed by atoms with E-state index in [9.17, 15) is 9.90 Å². The number of aliphatic hydroxyl groups excluding tert-OH is 1. The average molecular weight is 176 g/mol. The molecule has 1 atom stereocenters. The predicted molar refractivity (Wildman–Crippen MR) is 48.6 cm³/mol. The molecule has 0 aliphatic carbocycles. The van der Waals surface area contributed by atoms with Gasteiger partial charge in [0, 0.05) is 6.42 Å². The standard InChI is InChI=1S/C8H16O2S/c1-4-11-8(10)5-7(9)6(2)3/h6-7,9H,4-5H2,1-3H3/t7-/m0/s1. The fourth-order valence-corrected chi connectivity index (χ4v) is 1.24. The maximum Gasteiger partial charge on any atom is 0.191 e. The van der Waals surface area contributed by atoms with E-state index in [-0.39, 0.29) is 17.5 Å². The third kappa shape index (κ3) is 5.27. The first-order valence-corrected chi connectivity index (χ1v) is 4.90. The molecule has 0 aromatic rings. The molecule has 0 fully saturated rings. The monoisotopic (exact) mass is 176 g/mol. The Kier molecular flexibility index (Phi) is 5.60. The smallest absolute Gasteiger partial charge is 0.191 e. The van der Waals surface area contributed by atoms with E-state index in [1.54, 1.807) is 0 Å². The largest absolute Gasteiger partial charge is 0.392 e. The highest BCUT2D eigenvalue weighted by atomic mass is 32.2. The maximum absolute atomic E-state index is 11.0. The molecule has 0 unspecified atom stereocenters. The van der Waals surface area contributed by atoms with Crippen LogP contribution in [0.5, 0.6) is 0 Å². The summed E-state index contributed by atoms with van der Waals surface area (Å²) in [6.07, 6.45) is -0.183. The summed E-state index contributed by atoms with van der Waals surface area (Å²) in [6, 6.07) is 0. The van der Waals surface area contributed by atoms with Crippen molar-refractivity contribution in [2.45, 2.75) is 33.3 Å². The summed E-state index contributed by atoms with van der Waals surface area (Å²) in [5, 5.41) is 9.38. The lowest BCUT2D eigenvalue weighted by Gasteiger charge is -2.12. The van der Waals surface area contributed by atoms with Gasteiger partial charge in [-0.2, -0.15) is 0 Å². The lowest BCUT2D eigenvalue weighted by atomic mass is 10.1. The van der Waals surface area contributed by atoms with Gasteiger partial charge in [0.15, 0.2) is 5.12 Å². The molecule has 0 aromatic heterocycles. The molecule has 0 aromatic carbocycles. The minimum Gasteiger partial charge on any atom is -0.392 e. The molecular weight excluding hydrogens is 160 g/mol. The minimum absolute atomic E-state index is 0.0914. The summed E-state index contributed by atoms with van der Waals surface area (Å²) in [6.45, 7) is 5.76. The second kappa shape index (κ2) is 5.61. The van der Waals surface area contributed by atoms with Crippen molar-refractivity contribution in [3.05, 3.63) is 0 Å². The summed E-state index contributed by atoms with van der Waals surface area (Å²) in [5.74, 6) is 0.973. The van der Waals surface area contributed by atoms with Crippen LogP contribution >= 0.6 is 11.8 Å². The fourth-order valence-electron chi connectivity index (χ4n) is 0.626. The summed E-state index contributed by atoms with van der Waals surface area (Å²) in [5.41, 5.74) is 0. The highest BCUT2D eigenvalue weighted by Gasteiger charge is 2.13. The Morgan fingerprint density at radius 1 is 1.55 bits per heavy atom. The molecule has 0 radical (unpaired) electrons. The molecule has 0 spiro atoms. The van der Waals surface area contributed by atoms with Gasteiger partial charge in [0.25, 0.3) is 0 Å². The van der Waals surface area contributed by atoms with Crippen molar-refractivity contribution in [3.63, 3.8) is 0 Å². The topological polar surface area (TPSA) is 37.3 Å². The number of carbonyl (C=O) groups excluding carboxylic acids is 1. The van der Waals surface area contributed by atoms with Gasteiger partial charge in [-0.25, -0.2) is 0 Å². The molecular formula is C8H16O2S. The van der Waals surface area contributed by atoms with E-state index in [4.69, 9.17) is 0 Å². The molecule has 1 N–H and O–H groups in total. The molecule has 11 heavy (non-hydrogen) atoms. The van der Waals surface area contributed by atoms with Crippen molar-refractivity contribution in [2.75, 3.05) is 5.75 Å². The molecule has 3 heteroatoms. The van der Waals surface area contributed by atoms with Gasteiger partial charge in [-0.15, -0.1) is 0 Å². The Labute approximate surface area is 72.4 Å². The fraction of sp³-hybridized carbons (Fsp3) is 0.875. The van der Waals surface area contributed by atoms with Crippen molar-refractivity contribution in [1.82, 2.24) is 0 Å². The molecule has 0 aliphatic rings. The molecule has 66 valence electrons. The Bertz CT molecular complexity index is 123. The van der Waals surface area contributed by atoms with Crippen LogP contribution in [-0.4, -0.2) is 22.1 Å². The lowest BCUT2D eigenvalue weighted by molar-refractivity contribution is -0.113. The molecule has 2 nitrogen and oxygen atoms in total. The number of hydrogen-bond donors (Lipinski definition) is 1. The molecule has 0 aliphatic heterocycles. The minimum atomic E-state index is -0.471. The third-order valence-electron chi connectivity index (χ3n) is 1.45. The SMILES string of the molecule is CCSC(=O)C[C@H](O)C(C)C. The summed E-state index contributed by atoms with van der Waals surface area (Å²) >= 11 is 1.28. The Morgan fingerprint density at radius 2 is 2.09 bits per heavy atom. The zero-order valence-corrected chi connectivity index (χ0v) is 8.15. The van der Waals surface area contributed by atoms with Gasteiger partial charge in [0.1, 0.15) is 0 Å². The maximum atomic E-state index is 11.0. The highest BCUT2D eigenvalue weighted by Crippen LogP contribution is 2.11. The van der Waals surface area contributed by atoms with E-state index in [2.05, 4.69) is 0 Å². The molecule has 0 rings (SSSR count). The van der Waals surface area contributed by atoms with Crippen LogP contribution < -0.4 is 0 Å². The van der Waals surface area contributed by atoms with E-state index < -0.39 is 6.10 Å². The summed E-state index contributed by atoms with van der Waals surface area (Å²) in [7, 11) is 0. The van der Waals surface area contributed by atoms with Crippen LogP contribution in [0.2, 0.25) is 0 Å². The average Bonchev–Trinajstić information content (AvgIpc) is 1.87. The molecule has 0 bridgehead atoms. The van der Waals surface area contributed by atoms with Crippen molar-refractivity contribution >= 4 is 16.9 Å². The molecule has 0 heterocycles. The number of thioether (sulfide) groups is 1. The van der Waals surface area contributed by atoms with Crippen LogP contribution in [0.3, 0.4) is 0 Å². The van der Waals surface area contributed by atoms with Crippen LogP contribution in [0.25, 0.3) is 0 Å². The van der Waals surface area contributed by atoms with Crippen LogP contribution in [0.1, 0.15) is 27.2 Å². The van der Waals surface area contributed by atoms with Gasteiger partial charge < -0.3 is 5.11 Å². The second-order valence-electron chi connectivity index (χ2n) is 2.82. The summed E-state index contributed by atoms with van der Waals surface area (Å²) in [4.78, 5) is 11.0. The number of hydrogen-bond acceptors (Lipinski definition) is 3. The molecule has 0 saturated carbocycles. The van der Waals surface area contributed by atoms with Crippen LogP contribution in [0, 0.1) is 5.92 Å². The second-order valence-corrected chi connectivity index (χ2v) is 4.14. The van der Waals surface area contributed by atoms with E-state index >= 15 is 0 Å². The Morgan fingerprint density at radius 3 is 2.45 bits per heavy atom. The van der Waals surface area contributed by atoms with E-state index in [1.807, 2.05) is 20.8 Å². The first-order valence-electron chi connectivity index (χ1n) is 3.91. The van der Waals surface area contributed by atoms with E-state index in [0.717, 1.165) is 5.75 Å². The van der Waals surface area contributed by atoms with Crippen LogP contribution in [0.15, 0.2) is 0 Å². The van der Waals surface area contributed by atoms with Gasteiger partial charge in [0.2, 0.25) is 0 Å². The zero-order chi connectivity index (χ0) is 8.85. The van der Waals surface area contributed by atoms with Crippen LogP contribution in [0.4, 0.5) is 0 Å². The van der Waals surface area contributed by atoms with Gasteiger partial charge >= 0.3 is 0 Å². The predicted octanol–water partition coefficient (Wildman–Crippen LogP) is 1.67. The van der Waals surface area contributed by atoms with Crippen molar-refractivity contribution < 1.29 is 9.90 Å². The lowest BCUT2D eigenvalue weighted by Crippen LogP contribution is -2.17. The Hall–Kier alpha value is -0.0200. The van der Waals surface area contributed by atoms with Gasteiger partial charge in [-0.3, -0.25) is 4.79 Å². The van der Waals surface area contributed by atoms with E-state index in [1.165, 1.54) is 11.8 Å². The first kappa shape index (κ1) is 11.0. The van der Waals surface area contributed by atoms with Gasteiger partial charge in [0.05, 0.1) is 6.10 Å². The van der Waals surface area contributed by atoms with Crippen molar-refractivity contribution in [3.8, 4) is 0 Å². The molecule has 0 saturated heterocycles. The quantitative estimate of drug-likeness (QED) is 0.708. The van der Waals surface area contributed by atoms with Crippen molar-refractivity contribution in [2.24, 2.45) is 5.92 Å². The van der Waals surface area contributed by atoms with Gasteiger partial charge in [-0.1, -0.05) is 32.5 Å². The van der Waals surface area contributed by atoms with Gasteiger partial charge in [-0.05, 0) is 11.7 Å². The number of carbonyl (C=O) groups is 1. The number of aliphatic hydroxyl groups is 1. The first-order chi connectivity index (χ1) is 5.07. The zero-order valence-electron chi connectivity index (χ0n) is 7.33. The van der Waals surface area contributed by atoms with E-state index in [0.29, 0.717) is 0 Å². The highest BCUT2D eigenvalue weighted by molar-refractivity contribution is 8.13. The summed E-state index contributed by atoms with van der Waals surface area (Å²) < 4.78 is 0. The molecule has 0 amide bonds. The van der Waals surface area contributed by atoms with Crippen LogP contribution in [-0.2, 0) is 4.79 Å². The Balaban J connectivity index is 3.57.